The molecule has 0 aliphatic heterocycles. The van der Waals surface area contributed by atoms with Crippen molar-refractivity contribution in [2.75, 3.05) is 17.1 Å². The summed E-state index contributed by atoms with van der Waals surface area (Å²) in [5.74, 6) is -1.96. The molecule has 0 saturated carbocycles. The molecule has 2 atom stereocenters. The number of carbonyl (C=O) groups excluding carboxylic acids is 2. The van der Waals surface area contributed by atoms with Crippen LogP contribution in [0.2, 0.25) is 10.0 Å². The molecule has 0 spiro atoms. The minimum Gasteiger partial charge on any atom is -0.352 e. The van der Waals surface area contributed by atoms with Crippen molar-refractivity contribution in [1.29, 1.82) is 0 Å². The Labute approximate surface area is 244 Å². The summed E-state index contributed by atoms with van der Waals surface area (Å²) >= 11 is 12.9. The van der Waals surface area contributed by atoms with Gasteiger partial charge in [0, 0.05) is 34.6 Å². The summed E-state index contributed by atoms with van der Waals surface area (Å²) in [6, 6.07) is 18.0. The average Bonchev–Trinajstić information content (AvgIpc) is 2.91. The molecule has 3 aromatic carbocycles. The van der Waals surface area contributed by atoms with Gasteiger partial charge in [-0.15, -0.1) is 0 Å². The predicted octanol–water partition coefficient (Wildman–Crippen LogP) is 5.45. The van der Waals surface area contributed by atoms with Crippen LogP contribution in [0.1, 0.15) is 31.4 Å². The van der Waals surface area contributed by atoms with Crippen LogP contribution in [0.25, 0.3) is 0 Å². The third-order valence-electron chi connectivity index (χ3n) is 6.46. The molecule has 7 nitrogen and oxygen atoms in total. The largest absolute Gasteiger partial charge is 0.352 e. The molecule has 0 aliphatic carbocycles. The number of benzene rings is 3. The second-order valence-corrected chi connectivity index (χ2v) is 12.2. The van der Waals surface area contributed by atoms with Gasteiger partial charge in [-0.25, -0.2) is 12.8 Å². The summed E-state index contributed by atoms with van der Waals surface area (Å²) in [4.78, 5) is 29.0. The highest BCUT2D eigenvalue weighted by Crippen LogP contribution is 2.28. The van der Waals surface area contributed by atoms with Crippen LogP contribution < -0.4 is 9.62 Å². The van der Waals surface area contributed by atoms with E-state index in [1.165, 1.54) is 23.1 Å². The van der Waals surface area contributed by atoms with E-state index in [1.807, 2.05) is 44.2 Å². The van der Waals surface area contributed by atoms with E-state index in [0.29, 0.717) is 16.3 Å². The molecule has 0 saturated heterocycles. The van der Waals surface area contributed by atoms with Crippen LogP contribution in [0.3, 0.4) is 0 Å². The molecule has 2 amide bonds. The monoisotopic (exact) mass is 607 g/mol. The Hall–Kier alpha value is -3.14. The first kappa shape index (κ1) is 31.4. The highest BCUT2D eigenvalue weighted by atomic mass is 35.5. The third-order valence-corrected chi connectivity index (χ3v) is 8.30. The van der Waals surface area contributed by atoms with Gasteiger partial charge in [0.05, 0.1) is 11.9 Å². The van der Waals surface area contributed by atoms with Crippen molar-refractivity contribution in [3.05, 3.63) is 99.8 Å². The SMILES string of the molecule is CCC(C)NC(=O)C(Cc1ccccc1)N(Cc1c(Cl)cccc1Cl)C(=O)CN(c1ccccc1F)S(C)(=O)=O. The van der Waals surface area contributed by atoms with Crippen LogP contribution in [0.15, 0.2) is 72.8 Å². The predicted molar refractivity (Wildman–Crippen MR) is 157 cm³/mol. The lowest BCUT2D eigenvalue weighted by molar-refractivity contribution is -0.140. The van der Waals surface area contributed by atoms with Gasteiger partial charge in [-0.05, 0) is 43.2 Å². The summed E-state index contributed by atoms with van der Waals surface area (Å²) < 4.78 is 40.9. The second-order valence-electron chi connectivity index (χ2n) is 9.47. The van der Waals surface area contributed by atoms with Crippen molar-refractivity contribution in [3.8, 4) is 0 Å². The number of nitrogens with one attached hydrogen (secondary N) is 1. The third kappa shape index (κ3) is 8.19. The molecule has 0 bridgehead atoms. The van der Waals surface area contributed by atoms with Crippen LogP contribution in [0.5, 0.6) is 0 Å². The van der Waals surface area contributed by atoms with Crippen LogP contribution in [-0.2, 0) is 32.6 Å². The molecule has 0 heterocycles. The number of nitrogens with zero attached hydrogens (tertiary/aromatic N) is 2. The molecular formula is C29H32Cl2FN3O4S. The van der Waals surface area contributed by atoms with E-state index >= 15 is 0 Å². The van der Waals surface area contributed by atoms with Gasteiger partial charge in [0.25, 0.3) is 0 Å². The molecule has 214 valence electrons. The molecule has 11 heteroatoms. The first-order chi connectivity index (χ1) is 18.9. The average molecular weight is 609 g/mol. The van der Waals surface area contributed by atoms with E-state index in [0.717, 1.165) is 17.9 Å². The first-order valence-electron chi connectivity index (χ1n) is 12.7. The topological polar surface area (TPSA) is 86.8 Å². The van der Waals surface area contributed by atoms with E-state index in [-0.39, 0.29) is 34.7 Å². The number of carbonyl (C=O) groups is 2. The Kier molecular flexibility index (Phi) is 11.0. The van der Waals surface area contributed by atoms with Crippen LogP contribution in [0.4, 0.5) is 10.1 Å². The highest BCUT2D eigenvalue weighted by molar-refractivity contribution is 7.92. The fourth-order valence-corrected chi connectivity index (χ4v) is 5.46. The molecule has 0 radical (unpaired) electrons. The van der Waals surface area contributed by atoms with Gasteiger partial charge in [-0.2, -0.15) is 0 Å². The molecule has 0 fully saturated rings. The Morgan fingerprint density at radius 2 is 1.55 bits per heavy atom. The van der Waals surface area contributed by atoms with Gasteiger partial charge in [0.1, 0.15) is 18.4 Å². The highest BCUT2D eigenvalue weighted by Gasteiger charge is 2.34. The van der Waals surface area contributed by atoms with E-state index in [2.05, 4.69) is 5.32 Å². The molecule has 0 aromatic heterocycles. The molecule has 2 unspecified atom stereocenters. The van der Waals surface area contributed by atoms with Crippen molar-refractivity contribution in [1.82, 2.24) is 10.2 Å². The number of halogens is 3. The van der Waals surface area contributed by atoms with E-state index in [4.69, 9.17) is 23.2 Å². The van der Waals surface area contributed by atoms with Crippen molar-refractivity contribution in [2.45, 2.75) is 45.3 Å². The normalized spacial score (nSPS) is 12.8. The summed E-state index contributed by atoms with van der Waals surface area (Å²) in [6.45, 7) is 2.83. The fourth-order valence-electron chi connectivity index (χ4n) is 4.10. The maximum absolute atomic E-state index is 14.7. The lowest BCUT2D eigenvalue weighted by atomic mass is 10.0. The number of rotatable bonds is 12. The minimum absolute atomic E-state index is 0.134. The second kappa shape index (κ2) is 14.0. The fraction of sp³-hybridized carbons (Fsp3) is 0.310. The molecule has 1 N–H and O–H groups in total. The summed E-state index contributed by atoms with van der Waals surface area (Å²) in [7, 11) is -4.09. The van der Waals surface area contributed by atoms with Crippen molar-refractivity contribution >= 4 is 50.7 Å². The zero-order valence-electron chi connectivity index (χ0n) is 22.5. The zero-order chi connectivity index (χ0) is 29.4. The van der Waals surface area contributed by atoms with Gasteiger partial charge in [0.2, 0.25) is 21.8 Å². The van der Waals surface area contributed by atoms with Gasteiger partial charge < -0.3 is 10.2 Å². The van der Waals surface area contributed by atoms with Crippen molar-refractivity contribution < 1.29 is 22.4 Å². The van der Waals surface area contributed by atoms with Crippen LogP contribution in [0, 0.1) is 5.82 Å². The number of anilines is 1. The van der Waals surface area contributed by atoms with E-state index in [9.17, 15) is 22.4 Å². The summed E-state index contributed by atoms with van der Waals surface area (Å²) in [5, 5.41) is 3.49. The smallest absolute Gasteiger partial charge is 0.244 e. The quantitative estimate of drug-likeness (QED) is 0.296. The number of sulfonamides is 1. The van der Waals surface area contributed by atoms with E-state index in [1.54, 1.807) is 18.2 Å². The zero-order valence-corrected chi connectivity index (χ0v) is 24.8. The van der Waals surface area contributed by atoms with Crippen molar-refractivity contribution in [3.63, 3.8) is 0 Å². The van der Waals surface area contributed by atoms with Crippen LogP contribution >= 0.6 is 23.2 Å². The van der Waals surface area contributed by atoms with Gasteiger partial charge >= 0.3 is 0 Å². The van der Waals surface area contributed by atoms with E-state index < -0.39 is 40.2 Å². The number of hydrogen-bond donors (Lipinski definition) is 1. The van der Waals surface area contributed by atoms with Gasteiger partial charge in [0.15, 0.2) is 0 Å². The molecule has 0 aliphatic rings. The standard InChI is InChI=1S/C29H32Cl2FN3O4S/c1-4-20(2)33-29(37)27(17-21-11-6-5-7-12-21)34(18-22-23(30)13-10-14-24(22)31)28(36)19-35(40(3,38)39)26-16-9-8-15-25(26)32/h5-16,20,27H,4,17-19H2,1-3H3,(H,33,37). The van der Waals surface area contributed by atoms with Crippen molar-refractivity contribution in [2.24, 2.45) is 0 Å². The molecule has 3 aromatic rings. The lowest BCUT2D eigenvalue weighted by Crippen LogP contribution is -2.54. The number of hydrogen-bond acceptors (Lipinski definition) is 4. The minimum atomic E-state index is -4.09. The Morgan fingerprint density at radius 1 is 0.950 bits per heavy atom. The Bertz CT molecular complexity index is 1420. The maximum atomic E-state index is 14.7. The summed E-state index contributed by atoms with van der Waals surface area (Å²) in [5.41, 5.74) is 0.895. The number of amides is 2. The van der Waals surface area contributed by atoms with Gasteiger partial charge in [-0.3, -0.25) is 13.9 Å². The molecule has 3 rings (SSSR count). The van der Waals surface area contributed by atoms with Crippen LogP contribution in [-0.4, -0.2) is 50.0 Å². The lowest BCUT2D eigenvalue weighted by Gasteiger charge is -2.34. The molecule has 40 heavy (non-hydrogen) atoms. The number of para-hydroxylation sites is 1. The Balaban J connectivity index is 2.12. The van der Waals surface area contributed by atoms with Gasteiger partial charge in [-0.1, -0.05) is 78.7 Å². The summed E-state index contributed by atoms with van der Waals surface area (Å²) in [6.07, 6.45) is 1.68. The Morgan fingerprint density at radius 3 is 2.12 bits per heavy atom. The molecular weight excluding hydrogens is 576 g/mol. The maximum Gasteiger partial charge on any atom is 0.244 e. The first-order valence-corrected chi connectivity index (χ1v) is 15.3.